The van der Waals surface area contributed by atoms with E-state index in [1.165, 1.54) is 0 Å². The van der Waals surface area contributed by atoms with Gasteiger partial charge in [-0.15, -0.1) is 0 Å². The second kappa shape index (κ2) is 8.80. The van der Waals surface area contributed by atoms with Crippen LogP contribution in [0.1, 0.15) is 57.7 Å². The SMILES string of the molecule is CCCC(CCC)C(=O)NCCC(O)c1cccn1C. The zero-order chi connectivity index (χ0) is 15.0. The summed E-state index contributed by atoms with van der Waals surface area (Å²) in [6.45, 7) is 4.74. The fourth-order valence-corrected chi connectivity index (χ4v) is 2.55. The molecule has 2 N–H and O–H groups in total. The Balaban J connectivity index is 2.35. The minimum atomic E-state index is -0.522. The van der Waals surface area contributed by atoms with Crippen LogP contribution >= 0.6 is 0 Å². The van der Waals surface area contributed by atoms with Crippen LogP contribution in [-0.4, -0.2) is 22.1 Å². The highest BCUT2D eigenvalue weighted by molar-refractivity contribution is 5.78. The molecular formula is C16H28N2O2. The zero-order valence-corrected chi connectivity index (χ0v) is 12.9. The van der Waals surface area contributed by atoms with Crippen molar-refractivity contribution < 1.29 is 9.90 Å². The molecule has 20 heavy (non-hydrogen) atoms. The third kappa shape index (κ3) is 5.00. The Bertz CT molecular complexity index is 395. The molecule has 1 aromatic heterocycles. The molecule has 0 aliphatic rings. The number of hydrogen-bond acceptors (Lipinski definition) is 2. The summed E-state index contributed by atoms with van der Waals surface area (Å²) in [6.07, 6.45) is 5.89. The molecule has 1 rings (SSSR count). The third-order valence-electron chi connectivity index (χ3n) is 3.69. The highest BCUT2D eigenvalue weighted by atomic mass is 16.3. The average Bonchev–Trinajstić information content (AvgIpc) is 2.84. The summed E-state index contributed by atoms with van der Waals surface area (Å²) in [4.78, 5) is 12.1. The van der Waals surface area contributed by atoms with Gasteiger partial charge < -0.3 is 15.0 Å². The Kier molecular flexibility index (Phi) is 7.37. The summed E-state index contributed by atoms with van der Waals surface area (Å²) in [5.74, 6) is 0.255. The highest BCUT2D eigenvalue weighted by Gasteiger charge is 2.17. The van der Waals surface area contributed by atoms with Gasteiger partial charge in [0.25, 0.3) is 0 Å². The number of rotatable bonds is 9. The Morgan fingerprint density at radius 3 is 2.45 bits per heavy atom. The molecule has 4 nitrogen and oxygen atoms in total. The molecule has 1 atom stereocenters. The topological polar surface area (TPSA) is 54.3 Å². The van der Waals surface area contributed by atoms with E-state index in [-0.39, 0.29) is 11.8 Å². The highest BCUT2D eigenvalue weighted by Crippen LogP contribution is 2.16. The lowest BCUT2D eigenvalue weighted by molar-refractivity contribution is -0.125. The normalized spacial score (nSPS) is 12.7. The fourth-order valence-electron chi connectivity index (χ4n) is 2.55. The van der Waals surface area contributed by atoms with Crippen LogP contribution in [0.4, 0.5) is 0 Å². The van der Waals surface area contributed by atoms with Gasteiger partial charge >= 0.3 is 0 Å². The van der Waals surface area contributed by atoms with E-state index in [1.54, 1.807) is 0 Å². The fraction of sp³-hybridized carbons (Fsp3) is 0.688. The maximum absolute atomic E-state index is 12.1. The van der Waals surface area contributed by atoms with Crippen molar-refractivity contribution in [1.82, 2.24) is 9.88 Å². The van der Waals surface area contributed by atoms with Gasteiger partial charge in [0.2, 0.25) is 5.91 Å². The van der Waals surface area contributed by atoms with Crippen molar-refractivity contribution in [3.05, 3.63) is 24.0 Å². The summed E-state index contributed by atoms with van der Waals surface area (Å²) in [7, 11) is 1.91. The number of aliphatic hydroxyl groups excluding tert-OH is 1. The lowest BCUT2D eigenvalue weighted by atomic mass is 9.97. The smallest absolute Gasteiger partial charge is 0.223 e. The lowest BCUT2D eigenvalue weighted by Gasteiger charge is -2.17. The predicted octanol–water partition coefficient (Wildman–Crippen LogP) is 2.78. The number of carbonyl (C=O) groups excluding carboxylic acids is 1. The molecule has 4 heteroatoms. The number of aryl methyl sites for hydroxylation is 1. The Labute approximate surface area is 122 Å². The Morgan fingerprint density at radius 2 is 1.95 bits per heavy atom. The van der Waals surface area contributed by atoms with Crippen LogP contribution in [0.2, 0.25) is 0 Å². The Morgan fingerprint density at radius 1 is 1.30 bits per heavy atom. The average molecular weight is 280 g/mol. The molecule has 1 aromatic rings. The van der Waals surface area contributed by atoms with E-state index in [1.807, 2.05) is 29.9 Å². The standard InChI is InChI=1S/C16H28N2O2/c1-4-7-13(8-5-2)16(20)17-11-10-15(19)14-9-6-12-18(14)3/h6,9,12-13,15,19H,4-5,7-8,10-11H2,1-3H3,(H,17,20). The third-order valence-corrected chi connectivity index (χ3v) is 3.69. The van der Waals surface area contributed by atoms with Crippen LogP contribution in [0.3, 0.4) is 0 Å². The molecule has 0 fully saturated rings. The second-order valence-electron chi connectivity index (χ2n) is 5.41. The maximum atomic E-state index is 12.1. The van der Waals surface area contributed by atoms with Crippen molar-refractivity contribution in [3.63, 3.8) is 0 Å². The monoisotopic (exact) mass is 280 g/mol. The number of nitrogens with zero attached hydrogens (tertiary/aromatic N) is 1. The Hall–Kier alpha value is -1.29. The second-order valence-corrected chi connectivity index (χ2v) is 5.41. The molecule has 0 aromatic carbocycles. The number of nitrogens with one attached hydrogen (secondary N) is 1. The van der Waals surface area contributed by atoms with Crippen molar-refractivity contribution in [2.24, 2.45) is 13.0 Å². The first-order chi connectivity index (χ1) is 9.60. The summed E-state index contributed by atoms with van der Waals surface area (Å²) < 4.78 is 1.91. The van der Waals surface area contributed by atoms with Crippen LogP contribution in [-0.2, 0) is 11.8 Å². The molecular weight excluding hydrogens is 252 g/mol. The van der Waals surface area contributed by atoms with Gasteiger partial charge in [-0.1, -0.05) is 26.7 Å². The van der Waals surface area contributed by atoms with Crippen LogP contribution in [0, 0.1) is 5.92 Å². The quantitative estimate of drug-likeness (QED) is 0.731. The van der Waals surface area contributed by atoms with Crippen LogP contribution < -0.4 is 5.32 Å². The molecule has 0 spiro atoms. The number of amides is 1. The molecule has 0 bridgehead atoms. The van der Waals surface area contributed by atoms with Gasteiger partial charge in [-0.05, 0) is 31.4 Å². The number of aliphatic hydroxyl groups is 1. The van der Waals surface area contributed by atoms with E-state index in [0.29, 0.717) is 13.0 Å². The number of hydrogen-bond donors (Lipinski definition) is 2. The van der Waals surface area contributed by atoms with E-state index in [4.69, 9.17) is 0 Å². The molecule has 0 aliphatic carbocycles. The number of aromatic nitrogens is 1. The molecule has 1 unspecified atom stereocenters. The molecule has 0 saturated heterocycles. The minimum Gasteiger partial charge on any atom is -0.387 e. The molecule has 0 aliphatic heterocycles. The van der Waals surface area contributed by atoms with Crippen LogP contribution in [0.5, 0.6) is 0 Å². The van der Waals surface area contributed by atoms with Crippen LogP contribution in [0.25, 0.3) is 0 Å². The maximum Gasteiger partial charge on any atom is 0.223 e. The minimum absolute atomic E-state index is 0.122. The summed E-state index contributed by atoms with van der Waals surface area (Å²) in [5, 5.41) is 13.0. The zero-order valence-electron chi connectivity index (χ0n) is 12.9. The largest absolute Gasteiger partial charge is 0.387 e. The van der Waals surface area contributed by atoms with Gasteiger partial charge in [-0.3, -0.25) is 4.79 Å². The molecule has 1 amide bonds. The summed E-state index contributed by atoms with van der Waals surface area (Å²) in [5.41, 5.74) is 0.887. The van der Waals surface area contributed by atoms with E-state index < -0.39 is 6.10 Å². The van der Waals surface area contributed by atoms with Crippen molar-refractivity contribution in [2.75, 3.05) is 6.54 Å². The van der Waals surface area contributed by atoms with Crippen molar-refractivity contribution in [3.8, 4) is 0 Å². The van der Waals surface area contributed by atoms with Gasteiger partial charge in [0.15, 0.2) is 0 Å². The van der Waals surface area contributed by atoms with Gasteiger partial charge in [0.1, 0.15) is 0 Å². The summed E-state index contributed by atoms with van der Waals surface area (Å²) in [6, 6.07) is 3.82. The predicted molar refractivity (Wildman–Crippen MR) is 81.3 cm³/mol. The van der Waals surface area contributed by atoms with E-state index in [2.05, 4.69) is 19.2 Å². The van der Waals surface area contributed by atoms with E-state index in [9.17, 15) is 9.90 Å². The molecule has 0 saturated carbocycles. The molecule has 1 heterocycles. The first-order valence-corrected chi connectivity index (χ1v) is 7.67. The van der Waals surface area contributed by atoms with Crippen molar-refractivity contribution in [1.29, 1.82) is 0 Å². The summed E-state index contributed by atoms with van der Waals surface area (Å²) >= 11 is 0. The first-order valence-electron chi connectivity index (χ1n) is 7.67. The van der Waals surface area contributed by atoms with Crippen LogP contribution in [0.15, 0.2) is 18.3 Å². The lowest BCUT2D eigenvalue weighted by Crippen LogP contribution is -2.32. The van der Waals surface area contributed by atoms with E-state index in [0.717, 1.165) is 31.4 Å². The van der Waals surface area contributed by atoms with Gasteiger partial charge in [-0.25, -0.2) is 0 Å². The number of carbonyl (C=O) groups is 1. The van der Waals surface area contributed by atoms with Crippen molar-refractivity contribution in [2.45, 2.75) is 52.1 Å². The van der Waals surface area contributed by atoms with Gasteiger partial charge in [0, 0.05) is 31.4 Å². The van der Waals surface area contributed by atoms with Gasteiger partial charge in [0.05, 0.1) is 6.10 Å². The molecule has 0 radical (unpaired) electrons. The van der Waals surface area contributed by atoms with Crippen molar-refractivity contribution >= 4 is 5.91 Å². The molecule has 114 valence electrons. The van der Waals surface area contributed by atoms with E-state index >= 15 is 0 Å². The van der Waals surface area contributed by atoms with Gasteiger partial charge in [-0.2, -0.15) is 0 Å². The first kappa shape index (κ1) is 16.8.